The van der Waals surface area contributed by atoms with E-state index in [-0.39, 0.29) is 11.5 Å². The minimum atomic E-state index is -2.94. The van der Waals surface area contributed by atoms with Crippen LogP contribution in [-0.4, -0.2) is 31.2 Å². The molecule has 1 atom stereocenters. The molecule has 1 amide bonds. The van der Waals surface area contributed by atoms with Crippen molar-refractivity contribution in [2.24, 2.45) is 0 Å². The van der Waals surface area contributed by atoms with Crippen LogP contribution in [0.25, 0.3) is 0 Å². The van der Waals surface area contributed by atoms with Gasteiger partial charge >= 0.3 is 12.6 Å². The Kier molecular flexibility index (Phi) is 7.04. The number of alkyl halides is 2. The van der Waals surface area contributed by atoms with E-state index in [1.54, 1.807) is 0 Å². The largest absolute Gasteiger partial charge is 0.479 e. The molecule has 9 heteroatoms. The Hall–Kier alpha value is -3.23. The lowest BCUT2D eigenvalue weighted by Crippen LogP contribution is -2.29. The van der Waals surface area contributed by atoms with Crippen molar-refractivity contribution in [2.45, 2.75) is 19.6 Å². The van der Waals surface area contributed by atoms with Crippen LogP contribution in [0.4, 0.5) is 18.9 Å². The van der Waals surface area contributed by atoms with E-state index in [1.807, 2.05) is 0 Å². The molecule has 0 radical (unpaired) electrons. The van der Waals surface area contributed by atoms with Crippen LogP contribution in [0, 0.1) is 5.82 Å². The van der Waals surface area contributed by atoms with Crippen LogP contribution in [-0.2, 0) is 14.3 Å². The fraction of sp³-hybridized carbons (Fsp3) is 0.222. The molecule has 0 saturated carbocycles. The predicted molar refractivity (Wildman–Crippen MR) is 89.2 cm³/mol. The number of anilines is 1. The number of benzene rings is 2. The fourth-order valence-corrected chi connectivity index (χ4v) is 1.94. The molecule has 0 spiro atoms. The number of nitrogens with one attached hydrogen (secondary N) is 1. The summed E-state index contributed by atoms with van der Waals surface area (Å²) in [6.45, 7) is -2.08. The zero-order valence-corrected chi connectivity index (χ0v) is 14.2. The van der Waals surface area contributed by atoms with Gasteiger partial charge in [-0.3, -0.25) is 4.79 Å². The van der Waals surface area contributed by atoms with Gasteiger partial charge in [0, 0.05) is 5.69 Å². The molecule has 6 nitrogen and oxygen atoms in total. The minimum absolute atomic E-state index is 0.0545. The summed E-state index contributed by atoms with van der Waals surface area (Å²) in [6.07, 6.45) is -1.01. The Balaban J connectivity index is 1.76. The minimum Gasteiger partial charge on any atom is -0.479 e. The number of carbonyl (C=O) groups excluding carboxylic acids is 2. The lowest BCUT2D eigenvalue weighted by atomic mass is 10.3. The second kappa shape index (κ2) is 9.46. The molecule has 0 heterocycles. The van der Waals surface area contributed by atoms with E-state index in [4.69, 9.17) is 9.47 Å². The van der Waals surface area contributed by atoms with Crippen LogP contribution < -0.4 is 14.8 Å². The summed E-state index contributed by atoms with van der Waals surface area (Å²) in [7, 11) is 0. The number of hydrogen-bond donors (Lipinski definition) is 1. The molecule has 0 aliphatic carbocycles. The maximum atomic E-state index is 12.8. The van der Waals surface area contributed by atoms with Crippen molar-refractivity contribution in [3.8, 4) is 11.5 Å². The Morgan fingerprint density at radius 2 is 1.52 bits per heavy atom. The molecule has 1 N–H and O–H groups in total. The summed E-state index contributed by atoms with van der Waals surface area (Å²) in [5, 5.41) is 2.43. The smallest absolute Gasteiger partial charge is 0.387 e. The highest BCUT2D eigenvalue weighted by molar-refractivity contribution is 5.93. The highest BCUT2D eigenvalue weighted by Crippen LogP contribution is 2.17. The van der Waals surface area contributed by atoms with E-state index in [1.165, 1.54) is 55.5 Å². The van der Waals surface area contributed by atoms with Gasteiger partial charge in [-0.25, -0.2) is 9.18 Å². The van der Waals surface area contributed by atoms with Crippen molar-refractivity contribution in [1.29, 1.82) is 0 Å². The summed E-state index contributed by atoms with van der Waals surface area (Å²) < 4.78 is 51.2. The second-order valence-electron chi connectivity index (χ2n) is 5.27. The molecule has 0 aliphatic rings. The summed E-state index contributed by atoms with van der Waals surface area (Å²) in [4.78, 5) is 23.6. The summed E-state index contributed by atoms with van der Waals surface area (Å²) in [5.41, 5.74) is 0.313. The Bertz CT molecular complexity index is 766. The molecule has 0 fully saturated rings. The molecular weight excluding hydrogens is 367 g/mol. The molecule has 0 aromatic heterocycles. The van der Waals surface area contributed by atoms with Gasteiger partial charge in [0.1, 0.15) is 17.3 Å². The van der Waals surface area contributed by atoms with Crippen LogP contribution in [0.5, 0.6) is 11.5 Å². The fourth-order valence-electron chi connectivity index (χ4n) is 1.94. The van der Waals surface area contributed by atoms with E-state index in [9.17, 15) is 22.8 Å². The maximum Gasteiger partial charge on any atom is 0.387 e. The quantitative estimate of drug-likeness (QED) is 0.708. The third kappa shape index (κ3) is 6.89. The van der Waals surface area contributed by atoms with Gasteiger partial charge in [-0.05, 0) is 55.5 Å². The average molecular weight is 383 g/mol. The van der Waals surface area contributed by atoms with E-state index in [2.05, 4.69) is 10.1 Å². The van der Waals surface area contributed by atoms with Crippen molar-refractivity contribution in [3.63, 3.8) is 0 Å². The Morgan fingerprint density at radius 3 is 2.11 bits per heavy atom. The van der Waals surface area contributed by atoms with Crippen molar-refractivity contribution in [3.05, 3.63) is 54.3 Å². The SMILES string of the molecule is C[C@H](Oc1ccc(F)cc1)C(=O)OCC(=O)Nc1ccc(OC(F)F)cc1. The van der Waals surface area contributed by atoms with Crippen molar-refractivity contribution in [2.75, 3.05) is 11.9 Å². The van der Waals surface area contributed by atoms with E-state index >= 15 is 0 Å². The van der Waals surface area contributed by atoms with Gasteiger partial charge in [0.2, 0.25) is 0 Å². The molecule has 0 unspecified atom stereocenters. The highest BCUT2D eigenvalue weighted by Gasteiger charge is 2.18. The Labute approximate surface area is 152 Å². The average Bonchev–Trinajstić information content (AvgIpc) is 2.62. The van der Waals surface area contributed by atoms with E-state index < -0.39 is 37.0 Å². The van der Waals surface area contributed by atoms with Crippen molar-refractivity contribution in [1.82, 2.24) is 0 Å². The number of hydrogen-bond acceptors (Lipinski definition) is 5. The Morgan fingerprint density at radius 1 is 0.963 bits per heavy atom. The lowest BCUT2D eigenvalue weighted by molar-refractivity contribution is -0.153. The number of rotatable bonds is 8. The normalized spacial score (nSPS) is 11.6. The molecular formula is C18H16F3NO5. The molecule has 0 saturated heterocycles. The van der Waals surface area contributed by atoms with Crippen LogP contribution in [0.3, 0.4) is 0 Å². The number of halogens is 3. The van der Waals surface area contributed by atoms with E-state index in [0.717, 1.165) is 0 Å². The second-order valence-corrected chi connectivity index (χ2v) is 5.27. The van der Waals surface area contributed by atoms with Gasteiger partial charge in [0.15, 0.2) is 12.7 Å². The lowest BCUT2D eigenvalue weighted by Gasteiger charge is -2.14. The topological polar surface area (TPSA) is 73.9 Å². The van der Waals surface area contributed by atoms with Crippen LogP contribution >= 0.6 is 0 Å². The number of esters is 1. The van der Waals surface area contributed by atoms with Crippen molar-refractivity contribution >= 4 is 17.6 Å². The van der Waals surface area contributed by atoms with Gasteiger partial charge in [0.25, 0.3) is 5.91 Å². The monoisotopic (exact) mass is 383 g/mol. The highest BCUT2D eigenvalue weighted by atomic mass is 19.3. The molecule has 0 bridgehead atoms. The molecule has 2 rings (SSSR count). The first kappa shape index (κ1) is 20.1. The summed E-state index contributed by atoms with van der Waals surface area (Å²) in [5.74, 6) is -1.63. The molecule has 2 aromatic rings. The summed E-state index contributed by atoms with van der Waals surface area (Å²) >= 11 is 0. The van der Waals surface area contributed by atoms with Gasteiger partial charge in [-0.2, -0.15) is 8.78 Å². The van der Waals surface area contributed by atoms with Gasteiger partial charge < -0.3 is 19.5 Å². The molecule has 2 aromatic carbocycles. The molecule has 27 heavy (non-hydrogen) atoms. The maximum absolute atomic E-state index is 12.8. The molecule has 0 aliphatic heterocycles. The van der Waals surface area contributed by atoms with Crippen molar-refractivity contribution < 1.29 is 37.0 Å². The van der Waals surface area contributed by atoms with Gasteiger partial charge in [0.05, 0.1) is 0 Å². The molecule has 144 valence electrons. The van der Waals surface area contributed by atoms with Crippen LogP contribution in [0.1, 0.15) is 6.92 Å². The number of ether oxygens (including phenoxy) is 3. The van der Waals surface area contributed by atoms with E-state index in [0.29, 0.717) is 5.69 Å². The standard InChI is InChI=1S/C18H16F3NO5/c1-11(26-14-6-2-12(19)3-7-14)17(24)25-10-16(23)22-13-4-8-15(9-5-13)27-18(20)21/h2-9,11,18H,10H2,1H3,(H,22,23)/t11-/m0/s1. The zero-order valence-electron chi connectivity index (χ0n) is 14.2. The van der Waals surface area contributed by atoms with Crippen LogP contribution in [0.15, 0.2) is 48.5 Å². The first-order chi connectivity index (χ1) is 12.8. The summed E-state index contributed by atoms with van der Waals surface area (Å²) in [6, 6.07) is 10.3. The van der Waals surface area contributed by atoms with Gasteiger partial charge in [-0.1, -0.05) is 0 Å². The first-order valence-corrected chi connectivity index (χ1v) is 7.77. The predicted octanol–water partition coefficient (Wildman–Crippen LogP) is 3.38. The number of carbonyl (C=O) groups is 2. The number of amides is 1. The third-order valence-electron chi connectivity index (χ3n) is 3.17. The van der Waals surface area contributed by atoms with Crippen LogP contribution in [0.2, 0.25) is 0 Å². The zero-order chi connectivity index (χ0) is 19.8. The van der Waals surface area contributed by atoms with Gasteiger partial charge in [-0.15, -0.1) is 0 Å². The third-order valence-corrected chi connectivity index (χ3v) is 3.17. The first-order valence-electron chi connectivity index (χ1n) is 7.77.